The maximum Gasteiger partial charge on any atom is 0.0852 e. The van der Waals surface area contributed by atoms with Gasteiger partial charge in [0.1, 0.15) is 0 Å². The van der Waals surface area contributed by atoms with Gasteiger partial charge in [0.2, 0.25) is 0 Å². The molecule has 0 aromatic rings. The fourth-order valence-electron chi connectivity index (χ4n) is 6.28. The first-order valence-corrected chi connectivity index (χ1v) is 6.92. The lowest BCUT2D eigenvalue weighted by molar-refractivity contribution is -0.0788. The lowest BCUT2D eigenvalue weighted by atomic mass is 9.55. The molecule has 0 aromatic heterocycles. The van der Waals surface area contributed by atoms with E-state index in [4.69, 9.17) is 0 Å². The first-order chi connectivity index (χ1) is 7.56. The molecule has 2 N–H and O–H groups in total. The molecule has 2 nitrogen and oxygen atoms in total. The van der Waals surface area contributed by atoms with Gasteiger partial charge in [-0.05, 0) is 74.0 Å². The van der Waals surface area contributed by atoms with Crippen molar-refractivity contribution in [3.05, 3.63) is 0 Å². The molecule has 0 amide bonds. The van der Waals surface area contributed by atoms with Crippen molar-refractivity contribution < 1.29 is 10.2 Å². The number of aliphatic hydroxyl groups is 2. The minimum atomic E-state index is -0.551. The van der Waals surface area contributed by atoms with Gasteiger partial charge in [0.05, 0.1) is 12.2 Å². The molecule has 4 aliphatic rings. The lowest BCUT2D eigenvalue weighted by Crippen LogP contribution is -2.45. The van der Waals surface area contributed by atoms with Gasteiger partial charge in [0.25, 0.3) is 0 Å². The van der Waals surface area contributed by atoms with E-state index in [1.54, 1.807) is 6.92 Å². The van der Waals surface area contributed by atoms with Gasteiger partial charge in [-0.2, -0.15) is 0 Å². The predicted molar refractivity (Wildman–Crippen MR) is 60.7 cm³/mol. The summed E-state index contributed by atoms with van der Waals surface area (Å²) in [6, 6.07) is 0. The molecule has 16 heavy (non-hydrogen) atoms. The number of hydrogen-bond donors (Lipinski definition) is 2. The molecule has 90 valence electrons. The van der Waals surface area contributed by atoms with Gasteiger partial charge in [-0.15, -0.1) is 0 Å². The average molecular weight is 222 g/mol. The van der Waals surface area contributed by atoms with E-state index < -0.39 is 12.2 Å². The molecule has 4 rings (SSSR count). The highest BCUT2D eigenvalue weighted by Gasteiger charge is 2.72. The van der Waals surface area contributed by atoms with Gasteiger partial charge in [-0.3, -0.25) is 0 Å². The van der Waals surface area contributed by atoms with Gasteiger partial charge in [0.15, 0.2) is 0 Å². The van der Waals surface area contributed by atoms with E-state index in [1.807, 2.05) is 0 Å². The van der Waals surface area contributed by atoms with E-state index in [-0.39, 0.29) is 5.41 Å². The van der Waals surface area contributed by atoms with Gasteiger partial charge in [-0.1, -0.05) is 0 Å². The number of rotatable bonds is 2. The molecule has 0 radical (unpaired) electrons. The van der Waals surface area contributed by atoms with E-state index in [2.05, 4.69) is 0 Å². The number of fused-ring (bicyclic) bond motifs is 2. The van der Waals surface area contributed by atoms with Crippen LogP contribution in [-0.2, 0) is 0 Å². The number of aliphatic hydroxyl groups excluding tert-OH is 2. The minimum Gasteiger partial charge on any atom is -0.391 e. The molecule has 7 atom stereocenters. The smallest absolute Gasteiger partial charge is 0.0852 e. The monoisotopic (exact) mass is 222 g/mol. The third-order valence-corrected chi connectivity index (χ3v) is 6.60. The minimum absolute atomic E-state index is 0.0903. The van der Waals surface area contributed by atoms with E-state index in [0.717, 1.165) is 17.8 Å². The molecule has 3 bridgehead atoms. The summed E-state index contributed by atoms with van der Waals surface area (Å²) in [5, 5.41) is 20.1. The Morgan fingerprint density at radius 3 is 2.62 bits per heavy atom. The molecular weight excluding hydrogens is 200 g/mol. The first kappa shape index (κ1) is 9.90. The van der Waals surface area contributed by atoms with Gasteiger partial charge < -0.3 is 10.2 Å². The topological polar surface area (TPSA) is 40.5 Å². The van der Waals surface area contributed by atoms with E-state index in [9.17, 15) is 10.2 Å². The van der Waals surface area contributed by atoms with E-state index in [0.29, 0.717) is 5.41 Å². The second-order valence-corrected chi connectivity index (χ2v) is 7.30. The van der Waals surface area contributed by atoms with Crippen LogP contribution in [0.2, 0.25) is 0 Å². The molecule has 7 unspecified atom stereocenters. The maximum absolute atomic E-state index is 10.4. The Morgan fingerprint density at radius 1 is 1.06 bits per heavy atom. The Morgan fingerprint density at radius 2 is 1.88 bits per heavy atom. The van der Waals surface area contributed by atoms with Crippen molar-refractivity contribution in [2.45, 2.75) is 57.7 Å². The van der Waals surface area contributed by atoms with Crippen molar-refractivity contribution in [3.8, 4) is 0 Å². The van der Waals surface area contributed by atoms with E-state index >= 15 is 0 Å². The second-order valence-electron chi connectivity index (χ2n) is 7.30. The van der Waals surface area contributed by atoms with Crippen LogP contribution < -0.4 is 0 Å². The van der Waals surface area contributed by atoms with Crippen LogP contribution in [0, 0.1) is 28.6 Å². The van der Waals surface area contributed by atoms with Crippen LogP contribution in [0.1, 0.15) is 45.4 Å². The zero-order chi connectivity index (χ0) is 11.1. The highest BCUT2D eigenvalue weighted by atomic mass is 16.3. The second kappa shape index (κ2) is 2.67. The van der Waals surface area contributed by atoms with Crippen molar-refractivity contribution in [2.24, 2.45) is 28.6 Å². The Hall–Kier alpha value is -0.0800. The molecule has 0 aromatic carbocycles. The summed E-state index contributed by atoms with van der Waals surface area (Å²) in [7, 11) is 0. The highest BCUT2D eigenvalue weighted by molar-refractivity contribution is 5.21. The Balaban J connectivity index is 1.73. The normalized spacial score (nSPS) is 60.6. The molecule has 0 saturated heterocycles. The van der Waals surface area contributed by atoms with Crippen LogP contribution in [0.3, 0.4) is 0 Å². The summed E-state index contributed by atoms with van der Waals surface area (Å²) in [6.07, 6.45) is 6.87. The van der Waals surface area contributed by atoms with E-state index in [1.165, 1.54) is 38.5 Å². The van der Waals surface area contributed by atoms with Gasteiger partial charge in [-0.25, -0.2) is 0 Å². The zero-order valence-corrected chi connectivity index (χ0v) is 10.0. The van der Waals surface area contributed by atoms with Crippen LogP contribution in [0.15, 0.2) is 0 Å². The van der Waals surface area contributed by atoms with Crippen LogP contribution in [0.25, 0.3) is 0 Å². The summed E-state index contributed by atoms with van der Waals surface area (Å²) < 4.78 is 0. The fourth-order valence-corrected chi connectivity index (χ4v) is 6.28. The molecule has 4 aliphatic carbocycles. The molecule has 4 saturated carbocycles. The molecule has 0 heterocycles. The predicted octanol–water partition coefficient (Wildman–Crippen LogP) is 1.94. The van der Waals surface area contributed by atoms with Crippen LogP contribution in [0.5, 0.6) is 0 Å². The zero-order valence-electron chi connectivity index (χ0n) is 10.0. The first-order valence-electron chi connectivity index (χ1n) is 6.92. The van der Waals surface area contributed by atoms with Crippen LogP contribution in [0.4, 0.5) is 0 Å². The van der Waals surface area contributed by atoms with Crippen molar-refractivity contribution in [2.75, 3.05) is 0 Å². The van der Waals surface area contributed by atoms with Crippen molar-refractivity contribution in [1.82, 2.24) is 0 Å². The van der Waals surface area contributed by atoms with Crippen molar-refractivity contribution >= 4 is 0 Å². The molecule has 4 fully saturated rings. The van der Waals surface area contributed by atoms with Crippen molar-refractivity contribution in [1.29, 1.82) is 0 Å². The van der Waals surface area contributed by atoms with Gasteiger partial charge in [0, 0.05) is 0 Å². The summed E-state index contributed by atoms with van der Waals surface area (Å²) in [5.41, 5.74) is 0.714. The van der Waals surface area contributed by atoms with Crippen LogP contribution >= 0.6 is 0 Å². The molecule has 2 heteroatoms. The highest BCUT2D eigenvalue weighted by Crippen LogP contribution is 2.79. The summed E-state index contributed by atoms with van der Waals surface area (Å²) in [5.74, 6) is 2.73. The SMILES string of the molecule is CC(O)C(O)C12CC3CC4CC(C1)C4(C3)C2. The van der Waals surface area contributed by atoms with Crippen molar-refractivity contribution in [3.63, 3.8) is 0 Å². The summed E-state index contributed by atoms with van der Waals surface area (Å²) >= 11 is 0. The largest absolute Gasteiger partial charge is 0.391 e. The quantitative estimate of drug-likeness (QED) is 0.749. The number of hydrogen-bond acceptors (Lipinski definition) is 2. The third-order valence-electron chi connectivity index (χ3n) is 6.60. The average Bonchev–Trinajstić information content (AvgIpc) is 2.54. The molecule has 0 aliphatic heterocycles. The Kier molecular flexibility index (Phi) is 1.65. The summed E-state index contributed by atoms with van der Waals surface area (Å²) in [6.45, 7) is 1.76. The lowest BCUT2D eigenvalue weighted by Gasteiger charge is -2.49. The Labute approximate surface area is 97.0 Å². The fraction of sp³-hybridized carbons (Fsp3) is 1.00. The maximum atomic E-state index is 10.4. The molecular formula is C14H22O2. The standard InChI is InChI=1S/C14H22O2/c1-8(15)12(16)13-4-9-2-10-3-11(6-13)14(10,5-9)7-13/h8-12,15-16H,2-7H2,1H3. The third kappa shape index (κ3) is 0.896. The molecule has 1 spiro atoms. The Bertz CT molecular complexity index is 336. The summed E-state index contributed by atoms with van der Waals surface area (Å²) in [4.78, 5) is 0. The van der Waals surface area contributed by atoms with Gasteiger partial charge >= 0.3 is 0 Å². The van der Waals surface area contributed by atoms with Crippen LogP contribution in [-0.4, -0.2) is 22.4 Å².